The molecule has 5 rings (SSSR count). The number of fused-ring (bicyclic) bond motifs is 1. The van der Waals surface area contributed by atoms with E-state index < -0.39 is 0 Å². The van der Waals surface area contributed by atoms with E-state index in [1.165, 1.54) is 0 Å². The number of amides is 3. The topological polar surface area (TPSA) is 110 Å². The average molecular weight is 500 g/mol. The van der Waals surface area contributed by atoms with Crippen molar-refractivity contribution >= 4 is 28.5 Å². The van der Waals surface area contributed by atoms with Crippen molar-refractivity contribution in [2.45, 2.75) is 64.1 Å². The van der Waals surface area contributed by atoms with Crippen LogP contribution in [0.15, 0.2) is 42.5 Å². The molecule has 8 nitrogen and oxygen atoms in total. The summed E-state index contributed by atoms with van der Waals surface area (Å²) in [5.74, 6) is -0.101. The maximum Gasteiger partial charge on any atom is 0.319 e. The molecule has 2 aromatic carbocycles. The number of urea groups is 1. The highest BCUT2D eigenvalue weighted by atomic mass is 16.3. The number of aliphatic hydroxyl groups is 1. The molecule has 3 N–H and O–H groups in total. The maximum atomic E-state index is 13.3. The zero-order valence-corrected chi connectivity index (χ0v) is 21.3. The number of aliphatic hydroxyl groups excluding tert-OH is 1. The zero-order valence-electron chi connectivity index (χ0n) is 21.3. The number of nitrogens with one attached hydrogen (secondary N) is 2. The molecule has 0 spiro atoms. The summed E-state index contributed by atoms with van der Waals surface area (Å²) in [7, 11) is 0. The van der Waals surface area contributed by atoms with Crippen molar-refractivity contribution < 1.29 is 14.7 Å². The first kappa shape index (κ1) is 24.8. The summed E-state index contributed by atoms with van der Waals surface area (Å²) in [6.07, 6.45) is 4.93. The van der Waals surface area contributed by atoms with Crippen LogP contribution in [0.2, 0.25) is 0 Å². The summed E-state index contributed by atoms with van der Waals surface area (Å²) >= 11 is 0. The summed E-state index contributed by atoms with van der Waals surface area (Å²) < 4.78 is 2.26. The van der Waals surface area contributed by atoms with E-state index in [-0.39, 0.29) is 30.6 Å². The Morgan fingerprint density at radius 1 is 1.11 bits per heavy atom. The minimum Gasteiger partial charge on any atom is -0.394 e. The third-order valence-electron chi connectivity index (χ3n) is 7.49. The van der Waals surface area contributed by atoms with Crippen molar-refractivity contribution in [2.75, 3.05) is 18.5 Å². The Bertz CT molecular complexity index is 1360. The molecule has 8 heteroatoms. The fourth-order valence-corrected chi connectivity index (χ4v) is 5.47. The SMILES string of the molecule is CC(C)NC(=O)Nc1ccc(-c2c(C#N)c3cc(C(=O)N4CCC[C@@H]4CO)ccc3n2C2CCC2)cc1. The van der Waals surface area contributed by atoms with Gasteiger partial charge in [-0.1, -0.05) is 12.1 Å². The van der Waals surface area contributed by atoms with Crippen molar-refractivity contribution in [1.82, 2.24) is 14.8 Å². The van der Waals surface area contributed by atoms with Crippen LogP contribution in [-0.4, -0.2) is 51.7 Å². The molecule has 1 atom stereocenters. The molecule has 0 bridgehead atoms. The number of hydrogen-bond donors (Lipinski definition) is 3. The number of hydrogen-bond acceptors (Lipinski definition) is 4. The number of anilines is 1. The number of carbonyl (C=O) groups excluding carboxylic acids is 2. The molecular weight excluding hydrogens is 466 g/mol. The van der Waals surface area contributed by atoms with Crippen LogP contribution in [0.5, 0.6) is 0 Å². The highest BCUT2D eigenvalue weighted by molar-refractivity contribution is 6.02. The van der Waals surface area contributed by atoms with E-state index in [0.29, 0.717) is 29.4 Å². The van der Waals surface area contributed by atoms with E-state index in [1.54, 1.807) is 4.90 Å². The van der Waals surface area contributed by atoms with Crippen molar-refractivity contribution in [3.8, 4) is 17.3 Å². The minimum absolute atomic E-state index is 0.0346. The fraction of sp³-hybridized carbons (Fsp3) is 0.414. The number of nitrogens with zero attached hydrogens (tertiary/aromatic N) is 3. The van der Waals surface area contributed by atoms with Gasteiger partial charge in [0.05, 0.1) is 29.4 Å². The van der Waals surface area contributed by atoms with E-state index in [4.69, 9.17) is 0 Å². The summed E-state index contributed by atoms with van der Waals surface area (Å²) in [5.41, 5.74) is 4.45. The van der Waals surface area contributed by atoms with E-state index in [2.05, 4.69) is 21.3 Å². The molecule has 2 heterocycles. The highest BCUT2D eigenvalue weighted by Gasteiger charge is 2.31. The normalized spacial score (nSPS) is 17.6. The van der Waals surface area contributed by atoms with Gasteiger partial charge in [0.25, 0.3) is 5.91 Å². The van der Waals surface area contributed by atoms with E-state index in [0.717, 1.165) is 54.3 Å². The van der Waals surface area contributed by atoms with Crippen molar-refractivity contribution in [3.05, 3.63) is 53.6 Å². The van der Waals surface area contributed by atoms with Crippen molar-refractivity contribution in [1.29, 1.82) is 5.26 Å². The van der Waals surface area contributed by atoms with Gasteiger partial charge in [0.1, 0.15) is 6.07 Å². The highest BCUT2D eigenvalue weighted by Crippen LogP contribution is 2.43. The lowest BCUT2D eigenvalue weighted by molar-refractivity contribution is 0.0678. The Morgan fingerprint density at radius 3 is 2.49 bits per heavy atom. The number of nitriles is 1. The Morgan fingerprint density at radius 2 is 1.86 bits per heavy atom. The molecular formula is C29H33N5O3. The molecule has 1 saturated carbocycles. The molecule has 3 aromatic rings. The first-order valence-corrected chi connectivity index (χ1v) is 13.1. The van der Waals surface area contributed by atoms with E-state index in [9.17, 15) is 20.0 Å². The van der Waals surface area contributed by atoms with Gasteiger partial charge < -0.3 is 25.2 Å². The van der Waals surface area contributed by atoms with Gasteiger partial charge >= 0.3 is 6.03 Å². The summed E-state index contributed by atoms with van der Waals surface area (Å²) in [4.78, 5) is 27.1. The smallest absolute Gasteiger partial charge is 0.319 e. The molecule has 1 aliphatic heterocycles. The predicted octanol–water partition coefficient (Wildman–Crippen LogP) is 5.03. The molecule has 0 unspecified atom stereocenters. The second kappa shape index (κ2) is 10.3. The van der Waals surface area contributed by atoms with Crippen LogP contribution in [0.1, 0.15) is 67.9 Å². The summed E-state index contributed by atoms with van der Waals surface area (Å²) in [6.45, 7) is 4.40. The quantitative estimate of drug-likeness (QED) is 0.442. The van der Waals surface area contributed by atoms with Crippen LogP contribution in [0, 0.1) is 11.3 Å². The van der Waals surface area contributed by atoms with Gasteiger partial charge in [0, 0.05) is 35.3 Å². The van der Waals surface area contributed by atoms with Crippen LogP contribution in [0.25, 0.3) is 22.2 Å². The van der Waals surface area contributed by atoms with Gasteiger partial charge in [-0.05, 0) is 81.8 Å². The molecule has 1 aromatic heterocycles. The maximum absolute atomic E-state index is 13.3. The van der Waals surface area contributed by atoms with Gasteiger partial charge in [-0.15, -0.1) is 0 Å². The lowest BCUT2D eigenvalue weighted by Crippen LogP contribution is -2.37. The standard InChI is InChI=1S/C29H33N5O3/c1-18(2)31-29(37)32-21-11-8-19(9-12-21)27-25(16-30)24-15-20(28(36)33-14-4-7-23(33)17-35)10-13-26(24)34(27)22-5-3-6-22/h8-13,15,18,22-23,35H,3-7,14,17H2,1-2H3,(H2,31,32,37)/t23-/m1/s1. The van der Waals surface area contributed by atoms with Crippen LogP contribution in [0.4, 0.5) is 10.5 Å². The lowest BCUT2D eigenvalue weighted by Gasteiger charge is -2.30. The molecule has 37 heavy (non-hydrogen) atoms. The van der Waals surface area contributed by atoms with Gasteiger partial charge in [0.2, 0.25) is 0 Å². The Kier molecular flexibility index (Phi) is 6.90. The van der Waals surface area contributed by atoms with Crippen LogP contribution >= 0.6 is 0 Å². The number of likely N-dealkylation sites (tertiary alicyclic amines) is 1. The number of carbonyl (C=O) groups is 2. The molecule has 3 amide bonds. The third-order valence-corrected chi connectivity index (χ3v) is 7.49. The minimum atomic E-state index is -0.261. The fourth-order valence-electron chi connectivity index (χ4n) is 5.47. The summed E-state index contributed by atoms with van der Waals surface area (Å²) in [5, 5.41) is 26.4. The molecule has 1 saturated heterocycles. The van der Waals surface area contributed by atoms with Gasteiger partial charge in [-0.2, -0.15) is 5.26 Å². The van der Waals surface area contributed by atoms with E-state index in [1.807, 2.05) is 56.3 Å². The second-order valence-corrected chi connectivity index (χ2v) is 10.3. The van der Waals surface area contributed by atoms with Gasteiger partial charge in [-0.25, -0.2) is 4.79 Å². The average Bonchev–Trinajstić information content (AvgIpc) is 3.45. The second-order valence-electron chi connectivity index (χ2n) is 10.3. The first-order chi connectivity index (χ1) is 17.9. The van der Waals surface area contributed by atoms with Gasteiger partial charge in [0.15, 0.2) is 0 Å². The molecule has 1 aliphatic carbocycles. The Balaban J connectivity index is 1.55. The predicted molar refractivity (Wildman–Crippen MR) is 143 cm³/mol. The molecule has 2 fully saturated rings. The lowest BCUT2D eigenvalue weighted by atomic mass is 9.92. The largest absolute Gasteiger partial charge is 0.394 e. The number of aromatic nitrogens is 1. The zero-order chi connectivity index (χ0) is 26.1. The monoisotopic (exact) mass is 499 g/mol. The summed E-state index contributed by atoms with van der Waals surface area (Å²) in [6, 6.07) is 15.5. The third kappa shape index (κ3) is 4.67. The van der Waals surface area contributed by atoms with Gasteiger partial charge in [-0.3, -0.25) is 4.79 Å². The first-order valence-electron chi connectivity index (χ1n) is 13.1. The molecule has 0 radical (unpaired) electrons. The van der Waals surface area contributed by atoms with Crippen molar-refractivity contribution in [2.24, 2.45) is 0 Å². The van der Waals surface area contributed by atoms with Crippen LogP contribution in [0.3, 0.4) is 0 Å². The Labute approximate surface area is 216 Å². The molecule has 2 aliphatic rings. The number of benzene rings is 2. The van der Waals surface area contributed by atoms with Crippen LogP contribution < -0.4 is 10.6 Å². The number of rotatable bonds is 6. The van der Waals surface area contributed by atoms with Crippen LogP contribution in [-0.2, 0) is 0 Å². The van der Waals surface area contributed by atoms with Crippen molar-refractivity contribution in [3.63, 3.8) is 0 Å². The molecule has 192 valence electrons. The van der Waals surface area contributed by atoms with E-state index >= 15 is 0 Å². The Hall–Kier alpha value is -3.83.